The lowest BCUT2D eigenvalue weighted by atomic mass is 10.1. The number of pyridine rings is 3. The van der Waals surface area contributed by atoms with E-state index >= 15 is 0 Å². The largest absolute Gasteiger partial charge is 0.386 e. The van der Waals surface area contributed by atoms with Crippen LogP contribution < -0.4 is 0 Å². The Labute approximate surface area is 152 Å². The molecule has 7 nitrogen and oxygen atoms in total. The Morgan fingerprint density at radius 3 is 2.19 bits per heavy atom. The van der Waals surface area contributed by atoms with Crippen LogP contribution in [-0.4, -0.2) is 32.7 Å². The first kappa shape index (κ1) is 17.4. The van der Waals surface area contributed by atoms with Gasteiger partial charge in [0.15, 0.2) is 0 Å². The van der Waals surface area contributed by atoms with Gasteiger partial charge in [-0.1, -0.05) is 11.6 Å². The molecule has 0 bridgehead atoms. The predicted molar refractivity (Wildman–Crippen MR) is 90.9 cm³/mol. The van der Waals surface area contributed by atoms with Crippen LogP contribution in [0.1, 0.15) is 36.8 Å². The summed E-state index contributed by atoms with van der Waals surface area (Å²) in [5, 5.41) is -0.0943. The highest BCUT2D eigenvalue weighted by Gasteiger charge is 2.24. The predicted octanol–water partition coefficient (Wildman–Crippen LogP) is 2.75. The number of carbonyl (C=O) groups excluding carboxylic acids is 3. The Morgan fingerprint density at radius 2 is 1.50 bits per heavy atom. The Bertz CT molecular complexity index is 992. The molecule has 3 aromatic heterocycles. The summed E-state index contributed by atoms with van der Waals surface area (Å²) in [6, 6.07) is 8.78. The Hall–Kier alpha value is -3.45. The number of esters is 2. The number of ketones is 1. The summed E-state index contributed by atoms with van der Waals surface area (Å²) in [5.41, 5.74) is -0.0984. The normalized spacial score (nSPS) is 10.2. The molecule has 0 aliphatic heterocycles. The molecular formula is C18H10ClN3O4. The fraction of sp³-hybridized carbons (Fsp3) is 0. The van der Waals surface area contributed by atoms with Crippen LogP contribution in [0, 0.1) is 0 Å². The molecule has 0 saturated heterocycles. The zero-order valence-electron chi connectivity index (χ0n) is 13.1. The van der Waals surface area contributed by atoms with Crippen molar-refractivity contribution in [2.24, 2.45) is 0 Å². The smallest absolute Gasteiger partial charge is 0.349 e. The van der Waals surface area contributed by atoms with Gasteiger partial charge in [0.05, 0.1) is 11.1 Å². The maximum absolute atomic E-state index is 12.6. The number of halogens is 1. The second-order valence-electron chi connectivity index (χ2n) is 4.99. The minimum absolute atomic E-state index is 0.0634. The van der Waals surface area contributed by atoms with Crippen LogP contribution in [0.15, 0.2) is 61.2 Å². The number of ether oxygens (including phenoxy) is 1. The zero-order chi connectivity index (χ0) is 18.5. The first-order valence-corrected chi connectivity index (χ1v) is 7.72. The van der Waals surface area contributed by atoms with Gasteiger partial charge < -0.3 is 4.74 Å². The van der Waals surface area contributed by atoms with E-state index in [-0.39, 0.29) is 27.5 Å². The molecule has 3 aromatic rings. The van der Waals surface area contributed by atoms with Crippen molar-refractivity contribution >= 4 is 29.3 Å². The van der Waals surface area contributed by atoms with Gasteiger partial charge in [0, 0.05) is 30.4 Å². The van der Waals surface area contributed by atoms with E-state index in [9.17, 15) is 14.4 Å². The highest BCUT2D eigenvalue weighted by atomic mass is 35.5. The van der Waals surface area contributed by atoms with E-state index in [1.54, 1.807) is 12.1 Å². The number of rotatable bonds is 4. The van der Waals surface area contributed by atoms with Gasteiger partial charge in [-0.3, -0.25) is 14.8 Å². The Morgan fingerprint density at radius 1 is 0.846 bits per heavy atom. The molecule has 0 aliphatic rings. The molecule has 0 amide bonds. The van der Waals surface area contributed by atoms with Gasteiger partial charge in [-0.2, -0.15) is 0 Å². The molecule has 0 aromatic carbocycles. The molecule has 0 atom stereocenters. The zero-order valence-corrected chi connectivity index (χ0v) is 13.9. The monoisotopic (exact) mass is 367 g/mol. The standard InChI is InChI=1S/C18H10ClN3O4/c19-16-13(6-3-9-22-16)18(25)26-17(24)12-5-2-8-21-14(12)15(23)11-4-1-7-20-10-11/h1-10H. The fourth-order valence-corrected chi connectivity index (χ4v) is 2.31. The summed E-state index contributed by atoms with van der Waals surface area (Å²) >= 11 is 5.81. The van der Waals surface area contributed by atoms with Crippen LogP contribution in [-0.2, 0) is 4.74 Å². The fourth-order valence-electron chi connectivity index (χ4n) is 2.12. The second kappa shape index (κ2) is 7.62. The number of hydrogen-bond donors (Lipinski definition) is 0. The number of aromatic nitrogens is 3. The third-order valence-corrected chi connectivity index (χ3v) is 3.63. The summed E-state index contributed by atoms with van der Waals surface area (Å²) in [6.07, 6.45) is 5.63. The first-order valence-electron chi connectivity index (χ1n) is 7.34. The molecule has 0 fully saturated rings. The molecule has 26 heavy (non-hydrogen) atoms. The van der Waals surface area contributed by atoms with Crippen molar-refractivity contribution in [1.82, 2.24) is 15.0 Å². The van der Waals surface area contributed by atoms with Gasteiger partial charge in [0.2, 0.25) is 5.78 Å². The third-order valence-electron chi connectivity index (χ3n) is 3.33. The van der Waals surface area contributed by atoms with Crippen LogP contribution in [0.25, 0.3) is 0 Å². The maximum atomic E-state index is 12.6. The van der Waals surface area contributed by atoms with Gasteiger partial charge >= 0.3 is 11.9 Å². The minimum atomic E-state index is -1.02. The summed E-state index contributed by atoms with van der Waals surface area (Å²) in [6.45, 7) is 0. The number of carbonyl (C=O) groups is 3. The highest BCUT2D eigenvalue weighted by molar-refractivity contribution is 6.32. The van der Waals surface area contributed by atoms with Crippen molar-refractivity contribution in [2.75, 3.05) is 0 Å². The number of nitrogens with zero attached hydrogens (tertiary/aromatic N) is 3. The quantitative estimate of drug-likeness (QED) is 0.302. The van der Waals surface area contributed by atoms with Crippen LogP contribution in [0.5, 0.6) is 0 Å². The van der Waals surface area contributed by atoms with Crippen molar-refractivity contribution in [3.05, 3.63) is 88.7 Å². The van der Waals surface area contributed by atoms with Crippen molar-refractivity contribution in [1.29, 1.82) is 0 Å². The van der Waals surface area contributed by atoms with Gasteiger partial charge in [-0.25, -0.2) is 14.6 Å². The van der Waals surface area contributed by atoms with E-state index < -0.39 is 17.7 Å². The van der Waals surface area contributed by atoms with Crippen molar-refractivity contribution in [2.45, 2.75) is 0 Å². The third kappa shape index (κ3) is 3.62. The van der Waals surface area contributed by atoms with Crippen LogP contribution in [0.2, 0.25) is 5.15 Å². The van der Waals surface area contributed by atoms with Crippen molar-refractivity contribution in [3.8, 4) is 0 Å². The molecule has 8 heteroatoms. The molecule has 3 heterocycles. The topological polar surface area (TPSA) is 99.1 Å². The molecular weight excluding hydrogens is 358 g/mol. The minimum Gasteiger partial charge on any atom is -0.386 e. The molecule has 0 saturated carbocycles. The van der Waals surface area contributed by atoms with Crippen LogP contribution >= 0.6 is 11.6 Å². The summed E-state index contributed by atoms with van der Waals surface area (Å²) < 4.78 is 4.82. The summed E-state index contributed by atoms with van der Waals surface area (Å²) in [5.74, 6) is -2.51. The van der Waals surface area contributed by atoms with Crippen molar-refractivity contribution < 1.29 is 19.1 Å². The molecule has 0 N–H and O–H groups in total. The van der Waals surface area contributed by atoms with Gasteiger partial charge in [-0.15, -0.1) is 0 Å². The second-order valence-corrected chi connectivity index (χ2v) is 5.35. The van der Waals surface area contributed by atoms with Crippen LogP contribution in [0.3, 0.4) is 0 Å². The van der Waals surface area contributed by atoms with E-state index in [0.717, 1.165) is 0 Å². The Kier molecular flexibility index (Phi) is 5.09. The molecule has 3 rings (SSSR count). The van der Waals surface area contributed by atoms with E-state index in [1.807, 2.05) is 0 Å². The van der Waals surface area contributed by atoms with E-state index in [4.69, 9.17) is 16.3 Å². The van der Waals surface area contributed by atoms with Gasteiger partial charge in [-0.05, 0) is 36.4 Å². The van der Waals surface area contributed by atoms with Crippen LogP contribution in [0.4, 0.5) is 0 Å². The SMILES string of the molecule is O=C(OC(=O)c1cccnc1C(=O)c1cccnc1)c1cccnc1Cl. The maximum Gasteiger partial charge on any atom is 0.349 e. The molecule has 0 spiro atoms. The lowest BCUT2D eigenvalue weighted by Crippen LogP contribution is -2.18. The molecule has 0 unspecified atom stereocenters. The van der Waals surface area contributed by atoms with Gasteiger partial charge in [0.25, 0.3) is 0 Å². The average molecular weight is 368 g/mol. The lowest BCUT2D eigenvalue weighted by Gasteiger charge is -2.07. The average Bonchev–Trinajstić information content (AvgIpc) is 2.68. The summed E-state index contributed by atoms with van der Waals surface area (Å²) in [4.78, 5) is 48.6. The van der Waals surface area contributed by atoms with E-state index in [1.165, 1.54) is 49.1 Å². The van der Waals surface area contributed by atoms with Gasteiger partial charge in [0.1, 0.15) is 10.8 Å². The Balaban J connectivity index is 1.88. The summed E-state index contributed by atoms with van der Waals surface area (Å²) in [7, 11) is 0. The molecule has 0 radical (unpaired) electrons. The lowest BCUT2D eigenvalue weighted by molar-refractivity contribution is 0.0395. The van der Waals surface area contributed by atoms with E-state index in [2.05, 4.69) is 15.0 Å². The van der Waals surface area contributed by atoms with Crippen molar-refractivity contribution in [3.63, 3.8) is 0 Å². The number of hydrogen-bond acceptors (Lipinski definition) is 7. The van der Waals surface area contributed by atoms with E-state index in [0.29, 0.717) is 0 Å². The first-order chi connectivity index (χ1) is 12.6. The highest BCUT2D eigenvalue weighted by Crippen LogP contribution is 2.16. The molecule has 128 valence electrons. The molecule has 0 aliphatic carbocycles.